The van der Waals surface area contributed by atoms with Crippen LogP contribution in [0.5, 0.6) is 0 Å². The van der Waals surface area contributed by atoms with Gasteiger partial charge < -0.3 is 19.3 Å². The fourth-order valence-corrected chi connectivity index (χ4v) is 4.39. The molecule has 154 valence electrons. The lowest BCUT2D eigenvalue weighted by Crippen LogP contribution is -2.53. The molecule has 7 nitrogen and oxygen atoms in total. The molecule has 27 heavy (non-hydrogen) atoms. The van der Waals surface area contributed by atoms with Crippen molar-refractivity contribution in [1.82, 2.24) is 14.7 Å². The zero-order chi connectivity index (χ0) is 19.1. The monoisotopic (exact) mass is 381 g/mol. The van der Waals surface area contributed by atoms with Gasteiger partial charge in [-0.25, -0.2) is 4.79 Å². The van der Waals surface area contributed by atoms with Crippen molar-refractivity contribution in [3.8, 4) is 0 Å². The number of rotatable bonds is 5. The number of carbonyl (C=O) groups excluding carboxylic acids is 2. The Bertz CT molecular complexity index is 488. The van der Waals surface area contributed by atoms with E-state index >= 15 is 0 Å². The van der Waals surface area contributed by atoms with Crippen molar-refractivity contribution in [3.63, 3.8) is 0 Å². The lowest BCUT2D eigenvalue weighted by atomic mass is 9.93. The van der Waals surface area contributed by atoms with Crippen LogP contribution < -0.4 is 0 Å². The molecule has 1 atom stereocenters. The van der Waals surface area contributed by atoms with Crippen molar-refractivity contribution in [1.29, 1.82) is 0 Å². The highest BCUT2D eigenvalue weighted by Gasteiger charge is 2.34. The Morgan fingerprint density at radius 1 is 1.00 bits per heavy atom. The van der Waals surface area contributed by atoms with E-state index in [0.717, 1.165) is 77.8 Å². The highest BCUT2D eigenvalue weighted by atomic mass is 16.6. The maximum atomic E-state index is 12.8. The summed E-state index contributed by atoms with van der Waals surface area (Å²) in [7, 11) is 0. The first-order chi connectivity index (χ1) is 13.2. The van der Waals surface area contributed by atoms with Crippen LogP contribution in [0.2, 0.25) is 0 Å². The number of piperidine rings is 2. The summed E-state index contributed by atoms with van der Waals surface area (Å²) in [6.45, 7) is 8.84. The van der Waals surface area contributed by atoms with Crippen LogP contribution in [0.1, 0.15) is 45.4 Å². The van der Waals surface area contributed by atoms with Gasteiger partial charge in [0.1, 0.15) is 0 Å². The van der Waals surface area contributed by atoms with Crippen molar-refractivity contribution in [2.45, 2.75) is 51.5 Å². The van der Waals surface area contributed by atoms with E-state index in [9.17, 15) is 9.59 Å². The number of amides is 2. The number of likely N-dealkylation sites (tertiary alicyclic amines) is 2. The van der Waals surface area contributed by atoms with E-state index in [-0.39, 0.29) is 12.0 Å². The van der Waals surface area contributed by atoms with E-state index in [0.29, 0.717) is 31.8 Å². The molecule has 0 aromatic rings. The minimum atomic E-state index is -0.166. The zero-order valence-corrected chi connectivity index (χ0v) is 16.7. The normalized spacial score (nSPS) is 25.4. The van der Waals surface area contributed by atoms with Gasteiger partial charge in [0.25, 0.3) is 0 Å². The smallest absolute Gasteiger partial charge is 0.409 e. The molecule has 0 aliphatic carbocycles. The summed E-state index contributed by atoms with van der Waals surface area (Å²) in [5.74, 6) is 0.425. The van der Waals surface area contributed by atoms with E-state index < -0.39 is 0 Å². The topological polar surface area (TPSA) is 62.3 Å². The number of hydrogen-bond donors (Lipinski definition) is 0. The molecule has 3 fully saturated rings. The van der Waals surface area contributed by atoms with Crippen LogP contribution in [0.4, 0.5) is 4.79 Å². The Morgan fingerprint density at radius 3 is 2.44 bits per heavy atom. The fourth-order valence-electron chi connectivity index (χ4n) is 4.39. The number of morpholine rings is 1. The minimum Gasteiger partial charge on any atom is -0.449 e. The summed E-state index contributed by atoms with van der Waals surface area (Å²) >= 11 is 0. The second kappa shape index (κ2) is 10.3. The molecule has 3 aliphatic rings. The van der Waals surface area contributed by atoms with Gasteiger partial charge in [-0.15, -0.1) is 0 Å². The third-order valence-corrected chi connectivity index (χ3v) is 6.09. The molecule has 0 saturated carbocycles. The predicted octanol–water partition coefficient (Wildman–Crippen LogP) is 1.96. The molecule has 2 amide bonds. The Morgan fingerprint density at radius 2 is 1.74 bits per heavy atom. The number of hydrogen-bond acceptors (Lipinski definition) is 5. The highest BCUT2D eigenvalue weighted by Crippen LogP contribution is 2.25. The van der Waals surface area contributed by atoms with Gasteiger partial charge in [-0.2, -0.15) is 0 Å². The molecule has 3 aliphatic heterocycles. The summed E-state index contributed by atoms with van der Waals surface area (Å²) in [5, 5.41) is 0. The van der Waals surface area contributed by atoms with Crippen molar-refractivity contribution in [3.05, 3.63) is 0 Å². The van der Waals surface area contributed by atoms with E-state index in [2.05, 4.69) is 11.8 Å². The van der Waals surface area contributed by atoms with Crippen LogP contribution in [0.3, 0.4) is 0 Å². The predicted molar refractivity (Wildman–Crippen MR) is 103 cm³/mol. The van der Waals surface area contributed by atoms with Crippen LogP contribution in [-0.4, -0.2) is 91.8 Å². The fraction of sp³-hybridized carbons (Fsp3) is 0.900. The average molecular weight is 382 g/mol. The summed E-state index contributed by atoms with van der Waals surface area (Å²) in [4.78, 5) is 31.2. The van der Waals surface area contributed by atoms with Crippen LogP contribution in [0, 0.1) is 5.92 Å². The van der Waals surface area contributed by atoms with Crippen molar-refractivity contribution < 1.29 is 19.1 Å². The second-order valence-electron chi connectivity index (χ2n) is 7.96. The number of nitrogens with zero attached hydrogens (tertiary/aromatic N) is 3. The molecular formula is C20H35N3O4. The number of unbranched alkanes of at least 4 members (excludes halogenated alkanes) is 1. The van der Waals surface area contributed by atoms with E-state index in [1.807, 2.05) is 9.80 Å². The molecule has 3 heterocycles. The van der Waals surface area contributed by atoms with Gasteiger partial charge in [-0.3, -0.25) is 9.69 Å². The molecule has 0 N–H and O–H groups in total. The summed E-state index contributed by atoms with van der Waals surface area (Å²) in [6.07, 6.45) is 5.82. The quantitative estimate of drug-likeness (QED) is 0.681. The molecule has 0 aromatic heterocycles. The van der Waals surface area contributed by atoms with E-state index in [1.165, 1.54) is 0 Å². The average Bonchev–Trinajstić information content (AvgIpc) is 2.74. The maximum Gasteiger partial charge on any atom is 0.409 e. The van der Waals surface area contributed by atoms with Gasteiger partial charge in [0.2, 0.25) is 5.91 Å². The lowest BCUT2D eigenvalue weighted by molar-refractivity contribution is -0.141. The molecule has 0 bridgehead atoms. The van der Waals surface area contributed by atoms with Crippen LogP contribution >= 0.6 is 0 Å². The van der Waals surface area contributed by atoms with Crippen molar-refractivity contribution in [2.75, 3.05) is 59.1 Å². The highest BCUT2D eigenvalue weighted by molar-refractivity contribution is 5.79. The van der Waals surface area contributed by atoms with Gasteiger partial charge >= 0.3 is 6.09 Å². The van der Waals surface area contributed by atoms with Crippen molar-refractivity contribution in [2.24, 2.45) is 5.92 Å². The van der Waals surface area contributed by atoms with Gasteiger partial charge in [0, 0.05) is 38.8 Å². The minimum absolute atomic E-state index is 0.119. The standard InChI is InChI=1S/C20H35N3O4/c1-2-3-13-27-20(25)22-9-6-18(7-10-22)23-8-4-5-17(16-23)19(24)21-11-14-26-15-12-21/h17-18H,2-16H2,1H3. The van der Waals surface area contributed by atoms with Crippen LogP contribution in [0.15, 0.2) is 0 Å². The third kappa shape index (κ3) is 5.57. The van der Waals surface area contributed by atoms with Gasteiger partial charge in [0.15, 0.2) is 0 Å². The van der Waals surface area contributed by atoms with Gasteiger partial charge in [-0.05, 0) is 38.6 Å². The van der Waals surface area contributed by atoms with Crippen LogP contribution in [-0.2, 0) is 14.3 Å². The second-order valence-corrected chi connectivity index (χ2v) is 7.96. The molecule has 0 radical (unpaired) electrons. The number of ether oxygens (including phenoxy) is 2. The zero-order valence-electron chi connectivity index (χ0n) is 16.7. The Balaban J connectivity index is 1.44. The molecular weight excluding hydrogens is 346 g/mol. The Kier molecular flexibility index (Phi) is 7.76. The third-order valence-electron chi connectivity index (χ3n) is 6.09. The molecule has 1 unspecified atom stereocenters. The largest absolute Gasteiger partial charge is 0.449 e. The summed E-state index contributed by atoms with van der Waals surface area (Å²) in [6, 6.07) is 0.477. The van der Waals surface area contributed by atoms with Gasteiger partial charge in [-0.1, -0.05) is 13.3 Å². The summed E-state index contributed by atoms with van der Waals surface area (Å²) in [5.41, 5.74) is 0. The first-order valence-electron chi connectivity index (χ1n) is 10.7. The molecule has 0 spiro atoms. The van der Waals surface area contributed by atoms with Crippen LogP contribution in [0.25, 0.3) is 0 Å². The molecule has 7 heteroatoms. The van der Waals surface area contributed by atoms with Gasteiger partial charge in [0.05, 0.1) is 25.7 Å². The molecule has 3 rings (SSSR count). The molecule has 0 aromatic carbocycles. The first kappa shape index (κ1) is 20.4. The maximum absolute atomic E-state index is 12.8. The number of carbonyl (C=O) groups is 2. The van der Waals surface area contributed by atoms with E-state index in [4.69, 9.17) is 9.47 Å². The Labute approximate surface area is 162 Å². The van der Waals surface area contributed by atoms with Crippen molar-refractivity contribution >= 4 is 12.0 Å². The lowest BCUT2D eigenvalue weighted by Gasteiger charge is -2.42. The molecule has 3 saturated heterocycles. The SMILES string of the molecule is CCCCOC(=O)N1CCC(N2CCCC(C(=O)N3CCOCC3)C2)CC1. The van der Waals surface area contributed by atoms with E-state index in [1.54, 1.807) is 0 Å². The summed E-state index contributed by atoms with van der Waals surface area (Å²) < 4.78 is 10.7. The Hall–Kier alpha value is -1.34. The first-order valence-corrected chi connectivity index (χ1v) is 10.7.